The molecule has 142 valence electrons. The van der Waals surface area contributed by atoms with Crippen LogP contribution in [0.15, 0.2) is 42.5 Å². The van der Waals surface area contributed by atoms with Crippen molar-refractivity contribution in [3.63, 3.8) is 0 Å². The second-order valence-electron chi connectivity index (χ2n) is 7.13. The molecule has 5 heteroatoms. The summed E-state index contributed by atoms with van der Waals surface area (Å²) in [6, 6.07) is 12.9. The molecule has 1 N–H and O–H groups in total. The average Bonchev–Trinajstić information content (AvgIpc) is 2.68. The van der Waals surface area contributed by atoms with E-state index in [0.717, 1.165) is 25.0 Å². The summed E-state index contributed by atoms with van der Waals surface area (Å²) >= 11 is 0. The highest BCUT2D eigenvalue weighted by Gasteiger charge is 2.19. The van der Waals surface area contributed by atoms with Gasteiger partial charge in [-0.1, -0.05) is 12.1 Å². The number of rotatable bonds is 5. The Kier molecular flexibility index (Phi) is 5.79. The molecular weight excluding hydrogens is 340 g/mol. The number of hydrogen-bond acceptors (Lipinski definition) is 3. The molecule has 1 aliphatic carbocycles. The normalized spacial score (nSPS) is 14.0. The zero-order chi connectivity index (χ0) is 19.4. The number of nitrogens with one attached hydrogen (secondary N) is 1. The quantitative estimate of drug-likeness (QED) is 0.878. The monoisotopic (exact) mass is 366 g/mol. The van der Waals surface area contributed by atoms with Gasteiger partial charge in [-0.05, 0) is 74.1 Å². The van der Waals surface area contributed by atoms with Crippen molar-refractivity contribution in [3.8, 4) is 5.75 Å². The Balaban J connectivity index is 1.64. The second-order valence-corrected chi connectivity index (χ2v) is 7.13. The zero-order valence-corrected chi connectivity index (χ0v) is 16.1. The molecule has 2 aromatic carbocycles. The fourth-order valence-corrected chi connectivity index (χ4v) is 3.30. The van der Waals surface area contributed by atoms with Crippen LogP contribution in [-0.4, -0.2) is 36.9 Å². The molecule has 0 spiro atoms. The van der Waals surface area contributed by atoms with Gasteiger partial charge in [0.05, 0.1) is 0 Å². The highest BCUT2D eigenvalue weighted by Crippen LogP contribution is 2.30. The van der Waals surface area contributed by atoms with Crippen molar-refractivity contribution in [1.29, 1.82) is 0 Å². The molecule has 2 aromatic rings. The van der Waals surface area contributed by atoms with Gasteiger partial charge in [0, 0.05) is 25.3 Å². The van der Waals surface area contributed by atoms with Crippen molar-refractivity contribution in [2.45, 2.75) is 38.7 Å². The van der Waals surface area contributed by atoms with Gasteiger partial charge in [0.25, 0.3) is 11.8 Å². The molecule has 5 nitrogen and oxygen atoms in total. The number of aryl methyl sites for hydroxylation is 1. The Morgan fingerprint density at radius 1 is 1.04 bits per heavy atom. The predicted molar refractivity (Wildman–Crippen MR) is 106 cm³/mol. The van der Waals surface area contributed by atoms with Gasteiger partial charge in [-0.3, -0.25) is 9.59 Å². The number of nitrogens with zero attached hydrogens (tertiary/aromatic N) is 1. The molecular formula is C22H26N2O3. The van der Waals surface area contributed by atoms with E-state index in [9.17, 15) is 9.59 Å². The van der Waals surface area contributed by atoms with Gasteiger partial charge < -0.3 is 15.0 Å². The van der Waals surface area contributed by atoms with E-state index in [4.69, 9.17) is 4.74 Å². The van der Waals surface area contributed by atoms with Crippen LogP contribution in [0.4, 0.5) is 5.69 Å². The minimum atomic E-state index is -0.610. The van der Waals surface area contributed by atoms with E-state index in [1.165, 1.54) is 22.4 Å². The summed E-state index contributed by atoms with van der Waals surface area (Å²) in [7, 11) is 3.42. The third kappa shape index (κ3) is 4.48. The first kappa shape index (κ1) is 19.0. The van der Waals surface area contributed by atoms with Crippen LogP contribution in [0.3, 0.4) is 0 Å². The Labute approximate surface area is 160 Å². The molecule has 0 saturated carbocycles. The van der Waals surface area contributed by atoms with E-state index >= 15 is 0 Å². The van der Waals surface area contributed by atoms with Gasteiger partial charge >= 0.3 is 0 Å². The molecule has 0 heterocycles. The van der Waals surface area contributed by atoms with Gasteiger partial charge in [-0.15, -0.1) is 0 Å². The summed E-state index contributed by atoms with van der Waals surface area (Å²) in [5, 5.41) is 2.85. The smallest absolute Gasteiger partial charge is 0.265 e. The summed E-state index contributed by atoms with van der Waals surface area (Å²) < 4.78 is 5.97. The molecule has 0 radical (unpaired) electrons. The molecule has 0 aromatic heterocycles. The topological polar surface area (TPSA) is 58.6 Å². The standard InChI is InChI=1S/C22H26N2O3/c1-15(27-20-10-6-8-16-7-4-5-9-19(16)20)21(25)23-18-13-11-17(12-14-18)22(26)24(2)3/h6,8,10-15H,4-5,7,9H2,1-3H3,(H,23,25). The molecule has 2 amide bonds. The lowest BCUT2D eigenvalue weighted by atomic mass is 9.91. The van der Waals surface area contributed by atoms with Crippen LogP contribution in [0.1, 0.15) is 41.3 Å². The molecule has 0 saturated heterocycles. The number of anilines is 1. The van der Waals surface area contributed by atoms with Crippen molar-refractivity contribution in [3.05, 3.63) is 59.2 Å². The molecule has 3 rings (SSSR count). The predicted octanol–water partition coefficient (Wildman–Crippen LogP) is 3.67. The van der Waals surface area contributed by atoms with E-state index in [-0.39, 0.29) is 11.8 Å². The zero-order valence-electron chi connectivity index (χ0n) is 16.1. The van der Waals surface area contributed by atoms with E-state index in [1.807, 2.05) is 12.1 Å². The molecule has 0 aliphatic heterocycles. The van der Waals surface area contributed by atoms with Crippen molar-refractivity contribution >= 4 is 17.5 Å². The summed E-state index contributed by atoms with van der Waals surface area (Å²) in [4.78, 5) is 25.9. The number of carbonyl (C=O) groups is 2. The summed E-state index contributed by atoms with van der Waals surface area (Å²) in [6.07, 6.45) is 3.83. The fourth-order valence-electron chi connectivity index (χ4n) is 3.30. The summed E-state index contributed by atoms with van der Waals surface area (Å²) in [6.45, 7) is 1.75. The minimum Gasteiger partial charge on any atom is -0.481 e. The van der Waals surface area contributed by atoms with Crippen LogP contribution >= 0.6 is 0 Å². The van der Waals surface area contributed by atoms with Gasteiger partial charge in [0.2, 0.25) is 0 Å². The highest BCUT2D eigenvalue weighted by atomic mass is 16.5. The van der Waals surface area contributed by atoms with E-state index in [0.29, 0.717) is 11.3 Å². The Morgan fingerprint density at radius 3 is 2.44 bits per heavy atom. The van der Waals surface area contributed by atoms with Crippen molar-refractivity contribution in [1.82, 2.24) is 4.90 Å². The lowest BCUT2D eigenvalue weighted by Gasteiger charge is -2.22. The lowest BCUT2D eigenvalue weighted by molar-refractivity contribution is -0.122. The van der Waals surface area contributed by atoms with Crippen molar-refractivity contribution in [2.24, 2.45) is 0 Å². The number of hydrogen-bond donors (Lipinski definition) is 1. The maximum absolute atomic E-state index is 12.5. The number of ether oxygens (including phenoxy) is 1. The van der Waals surface area contributed by atoms with Crippen LogP contribution in [0.2, 0.25) is 0 Å². The SMILES string of the molecule is CC(Oc1cccc2c1CCCC2)C(=O)Nc1ccc(C(=O)N(C)C)cc1. The lowest BCUT2D eigenvalue weighted by Crippen LogP contribution is -2.30. The molecule has 27 heavy (non-hydrogen) atoms. The van der Waals surface area contributed by atoms with E-state index in [2.05, 4.69) is 11.4 Å². The molecule has 0 fully saturated rings. The molecule has 1 unspecified atom stereocenters. The number of fused-ring (bicyclic) bond motifs is 1. The second kappa shape index (κ2) is 8.25. The Morgan fingerprint density at radius 2 is 1.74 bits per heavy atom. The average molecular weight is 366 g/mol. The first-order valence-electron chi connectivity index (χ1n) is 9.35. The highest BCUT2D eigenvalue weighted by molar-refractivity contribution is 5.96. The largest absolute Gasteiger partial charge is 0.481 e. The van der Waals surface area contributed by atoms with Crippen LogP contribution in [-0.2, 0) is 17.6 Å². The van der Waals surface area contributed by atoms with Gasteiger partial charge in [-0.2, -0.15) is 0 Å². The van der Waals surface area contributed by atoms with Gasteiger partial charge in [0.1, 0.15) is 5.75 Å². The third-order valence-corrected chi connectivity index (χ3v) is 4.83. The molecule has 0 bridgehead atoms. The molecule has 1 atom stereocenters. The fraction of sp³-hybridized carbons (Fsp3) is 0.364. The van der Waals surface area contributed by atoms with Crippen LogP contribution in [0.25, 0.3) is 0 Å². The van der Waals surface area contributed by atoms with Crippen LogP contribution < -0.4 is 10.1 Å². The van der Waals surface area contributed by atoms with Crippen molar-refractivity contribution < 1.29 is 14.3 Å². The first-order valence-corrected chi connectivity index (χ1v) is 9.35. The first-order chi connectivity index (χ1) is 13.0. The summed E-state index contributed by atoms with van der Waals surface area (Å²) in [5.74, 6) is 0.523. The maximum Gasteiger partial charge on any atom is 0.265 e. The van der Waals surface area contributed by atoms with Crippen LogP contribution in [0, 0.1) is 0 Å². The number of benzene rings is 2. The summed E-state index contributed by atoms with van der Waals surface area (Å²) in [5.41, 5.74) is 3.78. The Bertz CT molecular complexity index is 828. The van der Waals surface area contributed by atoms with Gasteiger partial charge in [-0.25, -0.2) is 0 Å². The number of amides is 2. The van der Waals surface area contributed by atoms with Crippen molar-refractivity contribution in [2.75, 3.05) is 19.4 Å². The maximum atomic E-state index is 12.5. The van der Waals surface area contributed by atoms with Crippen LogP contribution in [0.5, 0.6) is 5.75 Å². The third-order valence-electron chi connectivity index (χ3n) is 4.83. The van der Waals surface area contributed by atoms with E-state index < -0.39 is 6.10 Å². The number of carbonyl (C=O) groups excluding carboxylic acids is 2. The van der Waals surface area contributed by atoms with E-state index in [1.54, 1.807) is 45.3 Å². The molecule has 1 aliphatic rings. The van der Waals surface area contributed by atoms with Gasteiger partial charge in [0.15, 0.2) is 6.10 Å². The minimum absolute atomic E-state index is 0.0709. The Hall–Kier alpha value is -2.82.